The van der Waals surface area contributed by atoms with E-state index in [0.717, 1.165) is 3.57 Å². The lowest BCUT2D eigenvalue weighted by atomic mass is 9.84. The summed E-state index contributed by atoms with van der Waals surface area (Å²) in [5, 5.41) is 9.75. The van der Waals surface area contributed by atoms with Crippen molar-refractivity contribution in [1.29, 1.82) is 0 Å². The molecule has 0 atom stereocenters. The minimum absolute atomic E-state index is 0.0670. The minimum Gasteiger partial charge on any atom is -0.507 e. The number of carbonyl (C=O) groups is 2. The first-order chi connectivity index (χ1) is 12.5. The standard InChI is InChI=1S/C21H21IO4/c22-17-10-11-19(23)18(12-17)21(25)26-13-20(24)16-8-6-15(7-9-16)14-4-2-1-3-5-14/h6-12,14,23H,1-5,13H2. The first kappa shape index (κ1) is 18.9. The monoisotopic (exact) mass is 464 g/mol. The molecule has 0 amide bonds. The van der Waals surface area contributed by atoms with Gasteiger partial charge in [0.05, 0.1) is 0 Å². The fourth-order valence-corrected chi connectivity index (χ4v) is 3.83. The molecule has 0 heterocycles. The molecular formula is C21H21IO4. The van der Waals surface area contributed by atoms with Crippen LogP contribution < -0.4 is 0 Å². The normalized spacial score (nSPS) is 14.8. The van der Waals surface area contributed by atoms with Gasteiger partial charge in [-0.25, -0.2) is 4.79 Å². The molecule has 0 radical (unpaired) electrons. The second kappa shape index (κ2) is 8.66. The number of ketones is 1. The van der Waals surface area contributed by atoms with Crippen LogP contribution in [-0.2, 0) is 4.74 Å². The molecule has 0 bridgehead atoms. The maximum Gasteiger partial charge on any atom is 0.342 e. The quantitative estimate of drug-likeness (QED) is 0.381. The van der Waals surface area contributed by atoms with Gasteiger partial charge in [0.2, 0.25) is 0 Å². The van der Waals surface area contributed by atoms with Crippen molar-refractivity contribution in [2.45, 2.75) is 38.0 Å². The molecule has 3 rings (SSSR count). The minimum atomic E-state index is -0.701. The largest absolute Gasteiger partial charge is 0.507 e. The number of ether oxygens (including phenoxy) is 1. The van der Waals surface area contributed by atoms with E-state index in [1.54, 1.807) is 6.07 Å². The first-order valence-corrected chi connectivity index (χ1v) is 9.91. The predicted molar refractivity (Wildman–Crippen MR) is 108 cm³/mol. The van der Waals surface area contributed by atoms with Crippen LogP contribution in [0.1, 0.15) is 64.3 Å². The topological polar surface area (TPSA) is 63.6 Å². The van der Waals surface area contributed by atoms with Crippen molar-refractivity contribution in [2.75, 3.05) is 6.61 Å². The zero-order valence-electron chi connectivity index (χ0n) is 14.4. The summed E-state index contributed by atoms with van der Waals surface area (Å²) >= 11 is 2.04. The summed E-state index contributed by atoms with van der Waals surface area (Å²) in [5.41, 5.74) is 1.88. The van der Waals surface area contributed by atoms with Crippen molar-refractivity contribution in [1.82, 2.24) is 0 Å². The van der Waals surface area contributed by atoms with Gasteiger partial charge in [-0.3, -0.25) is 4.79 Å². The Morgan fingerprint density at radius 2 is 1.73 bits per heavy atom. The summed E-state index contributed by atoms with van der Waals surface area (Å²) in [4.78, 5) is 24.4. The van der Waals surface area contributed by atoms with Crippen LogP contribution in [0.15, 0.2) is 42.5 Å². The number of esters is 1. The molecule has 2 aromatic carbocycles. The molecule has 1 aliphatic carbocycles. The van der Waals surface area contributed by atoms with E-state index in [-0.39, 0.29) is 23.7 Å². The summed E-state index contributed by atoms with van der Waals surface area (Å²) in [6, 6.07) is 12.3. The molecule has 0 aliphatic heterocycles. The molecule has 2 aromatic rings. The molecule has 136 valence electrons. The molecule has 1 aliphatic rings. The fourth-order valence-electron chi connectivity index (χ4n) is 3.34. The van der Waals surface area contributed by atoms with Gasteiger partial charge in [-0.15, -0.1) is 0 Å². The smallest absolute Gasteiger partial charge is 0.342 e. The van der Waals surface area contributed by atoms with E-state index in [1.807, 2.05) is 46.9 Å². The van der Waals surface area contributed by atoms with Crippen LogP contribution in [0.5, 0.6) is 5.75 Å². The lowest BCUT2D eigenvalue weighted by Crippen LogP contribution is -2.14. The summed E-state index contributed by atoms with van der Waals surface area (Å²) < 4.78 is 5.88. The van der Waals surface area contributed by atoms with Gasteiger partial charge in [-0.2, -0.15) is 0 Å². The number of phenolic OH excluding ortho intramolecular Hbond substituents is 1. The highest BCUT2D eigenvalue weighted by Crippen LogP contribution is 2.32. The maximum absolute atomic E-state index is 12.3. The lowest BCUT2D eigenvalue weighted by Gasteiger charge is -2.22. The average Bonchev–Trinajstić information content (AvgIpc) is 2.68. The highest BCUT2D eigenvalue weighted by atomic mass is 127. The number of Topliss-reactive ketones (excluding diaryl/α,β-unsaturated/α-hetero) is 1. The number of hydrogen-bond donors (Lipinski definition) is 1. The van der Waals surface area contributed by atoms with E-state index in [9.17, 15) is 14.7 Å². The van der Waals surface area contributed by atoms with Crippen LogP contribution in [-0.4, -0.2) is 23.5 Å². The third-order valence-corrected chi connectivity index (χ3v) is 5.49. The third kappa shape index (κ3) is 4.63. The first-order valence-electron chi connectivity index (χ1n) is 8.83. The van der Waals surface area contributed by atoms with Crippen LogP contribution in [0.4, 0.5) is 0 Å². The average molecular weight is 464 g/mol. The van der Waals surface area contributed by atoms with Crippen LogP contribution in [0, 0.1) is 3.57 Å². The number of phenols is 1. The van der Waals surface area contributed by atoms with Gasteiger partial charge in [0.15, 0.2) is 12.4 Å². The predicted octanol–water partition coefficient (Wildman–Crippen LogP) is 5.08. The Balaban J connectivity index is 1.59. The Morgan fingerprint density at radius 1 is 1.04 bits per heavy atom. The van der Waals surface area contributed by atoms with Gasteiger partial charge in [-0.1, -0.05) is 43.5 Å². The molecule has 26 heavy (non-hydrogen) atoms. The summed E-state index contributed by atoms with van der Waals surface area (Å²) in [6.45, 7) is -0.341. The van der Waals surface area contributed by atoms with Crippen molar-refractivity contribution in [3.63, 3.8) is 0 Å². The van der Waals surface area contributed by atoms with Crippen molar-refractivity contribution >= 4 is 34.3 Å². The Hall–Kier alpha value is -1.89. The molecule has 0 aromatic heterocycles. The number of hydrogen-bond acceptors (Lipinski definition) is 4. The summed E-state index contributed by atoms with van der Waals surface area (Å²) in [5.74, 6) is -0.513. The number of carbonyl (C=O) groups excluding carboxylic acids is 2. The van der Waals surface area contributed by atoms with E-state index >= 15 is 0 Å². The highest BCUT2D eigenvalue weighted by molar-refractivity contribution is 14.1. The van der Waals surface area contributed by atoms with Gasteiger partial charge in [-0.05, 0) is 65.1 Å². The zero-order chi connectivity index (χ0) is 18.5. The van der Waals surface area contributed by atoms with Crippen LogP contribution in [0.2, 0.25) is 0 Å². The Labute approximate surface area is 166 Å². The number of benzene rings is 2. The summed E-state index contributed by atoms with van der Waals surface area (Å²) in [7, 11) is 0. The highest BCUT2D eigenvalue weighted by Gasteiger charge is 2.18. The number of halogens is 1. The molecule has 0 spiro atoms. The van der Waals surface area contributed by atoms with Crippen molar-refractivity contribution in [2.24, 2.45) is 0 Å². The van der Waals surface area contributed by atoms with Crippen LogP contribution in [0.25, 0.3) is 0 Å². The Bertz CT molecular complexity index is 792. The van der Waals surface area contributed by atoms with Gasteiger partial charge in [0.25, 0.3) is 0 Å². The van der Waals surface area contributed by atoms with Gasteiger partial charge >= 0.3 is 5.97 Å². The lowest BCUT2D eigenvalue weighted by molar-refractivity contribution is 0.0471. The van der Waals surface area contributed by atoms with Crippen LogP contribution >= 0.6 is 22.6 Å². The Morgan fingerprint density at radius 3 is 2.42 bits per heavy atom. The fraction of sp³-hybridized carbons (Fsp3) is 0.333. The van der Waals surface area contributed by atoms with Gasteiger partial charge in [0.1, 0.15) is 11.3 Å². The zero-order valence-corrected chi connectivity index (χ0v) is 16.6. The maximum atomic E-state index is 12.3. The molecule has 0 saturated heterocycles. The molecular weight excluding hydrogens is 443 g/mol. The van der Waals surface area contributed by atoms with Gasteiger partial charge < -0.3 is 9.84 Å². The SMILES string of the molecule is O=C(COC(=O)c1cc(I)ccc1O)c1ccc(C2CCCCC2)cc1. The number of aromatic hydroxyl groups is 1. The van der Waals surface area contributed by atoms with Crippen molar-refractivity contribution in [3.05, 3.63) is 62.7 Å². The number of rotatable bonds is 5. The van der Waals surface area contributed by atoms with Crippen LogP contribution in [0.3, 0.4) is 0 Å². The molecule has 0 unspecified atom stereocenters. The molecule has 5 heteroatoms. The summed E-state index contributed by atoms with van der Waals surface area (Å²) in [6.07, 6.45) is 6.28. The molecule has 1 N–H and O–H groups in total. The van der Waals surface area contributed by atoms with E-state index in [4.69, 9.17) is 4.74 Å². The molecule has 1 fully saturated rings. The molecule has 4 nitrogen and oxygen atoms in total. The second-order valence-electron chi connectivity index (χ2n) is 6.62. The van der Waals surface area contributed by atoms with Crippen molar-refractivity contribution < 1.29 is 19.4 Å². The Kier molecular flexibility index (Phi) is 6.29. The third-order valence-electron chi connectivity index (χ3n) is 4.82. The van der Waals surface area contributed by atoms with E-state index in [0.29, 0.717) is 11.5 Å². The van der Waals surface area contributed by atoms with Crippen molar-refractivity contribution in [3.8, 4) is 5.75 Å². The van der Waals surface area contributed by atoms with Gasteiger partial charge in [0, 0.05) is 9.13 Å². The molecule has 1 saturated carbocycles. The van der Waals surface area contributed by atoms with E-state index in [2.05, 4.69) is 0 Å². The second-order valence-corrected chi connectivity index (χ2v) is 7.86. The van der Waals surface area contributed by atoms with E-state index in [1.165, 1.54) is 49.8 Å². The van der Waals surface area contributed by atoms with E-state index < -0.39 is 5.97 Å².